The van der Waals surface area contributed by atoms with E-state index >= 15 is 0 Å². The molecule has 0 aromatic heterocycles. The predicted molar refractivity (Wildman–Crippen MR) is 73.7 cm³/mol. The van der Waals surface area contributed by atoms with Crippen LogP contribution in [0.4, 0.5) is 5.69 Å². The van der Waals surface area contributed by atoms with Crippen LogP contribution < -0.4 is 5.73 Å². The van der Waals surface area contributed by atoms with E-state index in [-0.39, 0.29) is 18.8 Å². The second-order valence-electron chi connectivity index (χ2n) is 5.11. The number of hydrogen-bond acceptors (Lipinski definition) is 5. The molecule has 4 N–H and O–H groups in total. The first-order chi connectivity index (χ1) is 9.10. The Morgan fingerprint density at radius 1 is 1.42 bits per heavy atom. The number of benzene rings is 1. The molecule has 1 aromatic rings. The molecule has 2 rings (SSSR count). The zero-order valence-corrected chi connectivity index (χ0v) is 11.2. The molecule has 1 fully saturated rings. The highest BCUT2D eigenvalue weighted by molar-refractivity contribution is 5.47. The summed E-state index contributed by atoms with van der Waals surface area (Å²) in [5.41, 5.74) is 7.22. The first-order valence-electron chi connectivity index (χ1n) is 6.61. The van der Waals surface area contributed by atoms with E-state index in [0.717, 1.165) is 12.1 Å². The molecule has 1 heterocycles. The lowest BCUT2D eigenvalue weighted by Crippen LogP contribution is -2.49. The molecule has 0 amide bonds. The number of nitrogens with zero attached hydrogens (tertiary/aromatic N) is 1. The summed E-state index contributed by atoms with van der Waals surface area (Å²) in [5.74, 6) is 0. The Balaban J connectivity index is 1.98. The molecule has 0 spiro atoms. The lowest BCUT2D eigenvalue weighted by Gasteiger charge is -2.37. The fourth-order valence-electron chi connectivity index (χ4n) is 2.55. The van der Waals surface area contributed by atoms with E-state index in [2.05, 4.69) is 4.90 Å². The van der Waals surface area contributed by atoms with Gasteiger partial charge >= 0.3 is 0 Å². The quantitative estimate of drug-likeness (QED) is 0.687. The van der Waals surface area contributed by atoms with E-state index in [9.17, 15) is 10.2 Å². The largest absolute Gasteiger partial charge is 0.398 e. The summed E-state index contributed by atoms with van der Waals surface area (Å²) >= 11 is 0. The van der Waals surface area contributed by atoms with Gasteiger partial charge in [-0.05, 0) is 13.0 Å². The first kappa shape index (κ1) is 14.3. The minimum atomic E-state index is -0.620. The monoisotopic (exact) mass is 266 g/mol. The minimum absolute atomic E-state index is 0.00438. The van der Waals surface area contributed by atoms with Gasteiger partial charge in [0.1, 0.15) is 0 Å². The number of aliphatic hydroxyl groups is 2. The number of rotatable bonds is 4. The smallest absolute Gasteiger partial charge is 0.0936 e. The molecule has 0 saturated carbocycles. The van der Waals surface area contributed by atoms with Gasteiger partial charge in [-0.15, -0.1) is 0 Å². The number of hydrogen-bond donors (Lipinski definition) is 3. The molecule has 1 saturated heterocycles. The highest BCUT2D eigenvalue weighted by Gasteiger charge is 2.26. The fourth-order valence-corrected chi connectivity index (χ4v) is 2.55. The first-order valence-corrected chi connectivity index (χ1v) is 6.61. The minimum Gasteiger partial charge on any atom is -0.398 e. The predicted octanol–water partition coefficient (Wildman–Crippen LogP) is 0.384. The Morgan fingerprint density at radius 3 is 2.84 bits per heavy atom. The molecule has 1 aliphatic heterocycles. The molecule has 3 atom stereocenters. The third kappa shape index (κ3) is 3.67. The molecule has 5 heteroatoms. The van der Waals surface area contributed by atoms with E-state index in [1.165, 1.54) is 0 Å². The van der Waals surface area contributed by atoms with Gasteiger partial charge in [-0.3, -0.25) is 4.90 Å². The Kier molecular flexibility index (Phi) is 4.76. The van der Waals surface area contributed by atoms with E-state index in [1.54, 1.807) is 6.07 Å². The van der Waals surface area contributed by atoms with Gasteiger partial charge < -0.3 is 20.7 Å². The van der Waals surface area contributed by atoms with Crippen LogP contribution in [-0.2, 0) is 4.74 Å². The van der Waals surface area contributed by atoms with Crippen molar-refractivity contribution in [3.63, 3.8) is 0 Å². The lowest BCUT2D eigenvalue weighted by atomic mass is 10.1. The molecule has 106 valence electrons. The van der Waals surface area contributed by atoms with Crippen molar-refractivity contribution in [2.45, 2.75) is 25.2 Å². The van der Waals surface area contributed by atoms with E-state index in [0.29, 0.717) is 18.8 Å². The highest BCUT2D eigenvalue weighted by Crippen LogP contribution is 2.22. The van der Waals surface area contributed by atoms with Gasteiger partial charge in [0, 0.05) is 30.9 Å². The summed E-state index contributed by atoms with van der Waals surface area (Å²) in [5, 5.41) is 19.5. The second kappa shape index (κ2) is 6.34. The molecule has 1 aliphatic rings. The van der Waals surface area contributed by atoms with Crippen LogP contribution in [0.3, 0.4) is 0 Å². The molecule has 5 nitrogen and oxygen atoms in total. The number of aliphatic hydroxyl groups excluding tert-OH is 2. The Hall–Kier alpha value is -1.14. The number of para-hydroxylation sites is 1. The summed E-state index contributed by atoms with van der Waals surface area (Å²) < 4.78 is 5.58. The third-order valence-corrected chi connectivity index (χ3v) is 3.39. The van der Waals surface area contributed by atoms with Crippen molar-refractivity contribution in [3.8, 4) is 0 Å². The number of nitrogen functional groups attached to an aromatic ring is 1. The van der Waals surface area contributed by atoms with E-state index in [1.807, 2.05) is 25.1 Å². The molecule has 3 unspecified atom stereocenters. The lowest BCUT2D eigenvalue weighted by molar-refractivity contribution is -0.102. The van der Waals surface area contributed by atoms with Crippen LogP contribution in [-0.4, -0.2) is 53.6 Å². The maximum Gasteiger partial charge on any atom is 0.0936 e. The average molecular weight is 266 g/mol. The van der Waals surface area contributed by atoms with Gasteiger partial charge in [0.15, 0.2) is 0 Å². The molecule has 0 radical (unpaired) electrons. The van der Waals surface area contributed by atoms with Gasteiger partial charge in [0.05, 0.1) is 24.9 Å². The average Bonchev–Trinajstić information content (AvgIpc) is 2.38. The Bertz CT molecular complexity index is 413. The Morgan fingerprint density at radius 2 is 2.16 bits per heavy atom. The molecular weight excluding hydrogens is 244 g/mol. The maximum absolute atomic E-state index is 10.3. The van der Waals surface area contributed by atoms with Crippen molar-refractivity contribution in [1.82, 2.24) is 4.90 Å². The summed E-state index contributed by atoms with van der Waals surface area (Å²) in [6, 6.07) is 7.35. The van der Waals surface area contributed by atoms with Crippen LogP contribution in [0.1, 0.15) is 18.6 Å². The number of ether oxygens (including phenoxy) is 1. The second-order valence-corrected chi connectivity index (χ2v) is 5.11. The maximum atomic E-state index is 10.3. The number of morpholine rings is 1. The normalized spacial score (nSPS) is 26.3. The van der Waals surface area contributed by atoms with Gasteiger partial charge in [-0.25, -0.2) is 0 Å². The standard InChI is InChI=1S/C14H22N2O3/c1-10-6-16(7-11(9-17)19-10)8-14(18)12-4-2-3-5-13(12)15/h2-5,10-11,14,17-18H,6-9,15H2,1H3. The van der Waals surface area contributed by atoms with Gasteiger partial charge in [0.25, 0.3) is 0 Å². The summed E-state index contributed by atoms with van der Waals surface area (Å²) in [6.07, 6.45) is -0.735. The molecule has 0 aliphatic carbocycles. The Labute approximate surface area is 113 Å². The van der Waals surface area contributed by atoms with E-state index < -0.39 is 6.10 Å². The fraction of sp³-hybridized carbons (Fsp3) is 0.571. The zero-order valence-electron chi connectivity index (χ0n) is 11.2. The van der Waals surface area contributed by atoms with Gasteiger partial charge in [-0.1, -0.05) is 18.2 Å². The van der Waals surface area contributed by atoms with Crippen molar-refractivity contribution < 1.29 is 14.9 Å². The van der Waals surface area contributed by atoms with Crippen LogP contribution in [0, 0.1) is 0 Å². The summed E-state index contributed by atoms with van der Waals surface area (Å²) in [6.45, 7) is 3.85. The highest BCUT2D eigenvalue weighted by atomic mass is 16.5. The van der Waals surface area contributed by atoms with Crippen LogP contribution in [0.15, 0.2) is 24.3 Å². The summed E-state index contributed by atoms with van der Waals surface area (Å²) in [4.78, 5) is 2.10. The van der Waals surface area contributed by atoms with Crippen LogP contribution in [0.25, 0.3) is 0 Å². The van der Waals surface area contributed by atoms with Gasteiger partial charge in [0.2, 0.25) is 0 Å². The SMILES string of the molecule is CC1CN(CC(O)c2ccccc2N)CC(CO)O1. The van der Waals surface area contributed by atoms with Crippen LogP contribution in [0.2, 0.25) is 0 Å². The van der Waals surface area contributed by atoms with Crippen molar-refractivity contribution in [2.75, 3.05) is 32.0 Å². The number of anilines is 1. The number of nitrogens with two attached hydrogens (primary N) is 1. The van der Waals surface area contributed by atoms with Crippen LogP contribution in [0.5, 0.6) is 0 Å². The topological polar surface area (TPSA) is 79.0 Å². The third-order valence-electron chi connectivity index (χ3n) is 3.39. The van der Waals surface area contributed by atoms with Crippen molar-refractivity contribution in [1.29, 1.82) is 0 Å². The van der Waals surface area contributed by atoms with Gasteiger partial charge in [-0.2, -0.15) is 0 Å². The number of β-amino-alcohol motifs (C(OH)–C–C–N with tert-alkyl or cyclic N) is 1. The molecular formula is C14H22N2O3. The molecule has 0 bridgehead atoms. The van der Waals surface area contributed by atoms with Crippen molar-refractivity contribution in [3.05, 3.63) is 29.8 Å². The van der Waals surface area contributed by atoms with Crippen LogP contribution >= 0.6 is 0 Å². The summed E-state index contributed by atoms with van der Waals surface area (Å²) in [7, 11) is 0. The van der Waals surface area contributed by atoms with E-state index in [4.69, 9.17) is 10.5 Å². The molecule has 19 heavy (non-hydrogen) atoms. The zero-order chi connectivity index (χ0) is 13.8. The molecule has 1 aromatic carbocycles. The van der Waals surface area contributed by atoms with Crippen molar-refractivity contribution >= 4 is 5.69 Å². The van der Waals surface area contributed by atoms with Crippen molar-refractivity contribution in [2.24, 2.45) is 0 Å².